The van der Waals surface area contributed by atoms with Crippen LogP contribution >= 0.6 is 0 Å². The van der Waals surface area contributed by atoms with Crippen LogP contribution in [0.5, 0.6) is 0 Å². The van der Waals surface area contributed by atoms with Gasteiger partial charge in [0.1, 0.15) is 0 Å². The highest BCUT2D eigenvalue weighted by atomic mass is 16.4. The zero-order chi connectivity index (χ0) is 13.8. The second-order valence-corrected chi connectivity index (χ2v) is 5.16. The van der Waals surface area contributed by atoms with E-state index in [-0.39, 0.29) is 12.5 Å². The molecule has 0 bridgehead atoms. The molecule has 1 aromatic rings. The van der Waals surface area contributed by atoms with Gasteiger partial charge in [-0.2, -0.15) is 5.10 Å². The molecule has 1 fully saturated rings. The molecule has 1 aromatic heterocycles. The Morgan fingerprint density at radius 1 is 1.53 bits per heavy atom. The molecule has 5 nitrogen and oxygen atoms in total. The Labute approximate surface area is 114 Å². The molecule has 1 aliphatic heterocycles. The average Bonchev–Trinajstić information content (AvgIpc) is 2.96. The standard InChI is InChI=1S/C14H23N3O2/c1-3-11-8-13(17(4-2)15-11)10-16-7-5-6-12(16)9-14(18)19/h8,12H,3-7,9-10H2,1-2H3,(H,18,19). The number of aliphatic carboxylic acids is 1. The third-order valence-corrected chi connectivity index (χ3v) is 3.85. The van der Waals surface area contributed by atoms with Gasteiger partial charge in [0.05, 0.1) is 17.8 Å². The molecule has 1 aliphatic rings. The van der Waals surface area contributed by atoms with Gasteiger partial charge in [-0.25, -0.2) is 0 Å². The second-order valence-electron chi connectivity index (χ2n) is 5.16. The molecule has 0 radical (unpaired) electrons. The molecule has 2 rings (SSSR count). The predicted octanol–water partition coefficient (Wildman–Crippen LogP) is 1.90. The predicted molar refractivity (Wildman–Crippen MR) is 73.0 cm³/mol. The lowest BCUT2D eigenvalue weighted by Crippen LogP contribution is -2.31. The van der Waals surface area contributed by atoms with Crippen LogP contribution in [0.3, 0.4) is 0 Å². The summed E-state index contributed by atoms with van der Waals surface area (Å²) in [6.07, 6.45) is 3.28. The maximum Gasteiger partial charge on any atom is 0.304 e. The van der Waals surface area contributed by atoms with Crippen LogP contribution in [0.15, 0.2) is 6.07 Å². The lowest BCUT2D eigenvalue weighted by Gasteiger charge is -2.23. The van der Waals surface area contributed by atoms with E-state index in [0.717, 1.165) is 44.6 Å². The molecule has 0 amide bonds. The van der Waals surface area contributed by atoms with Crippen LogP contribution in [-0.4, -0.2) is 38.3 Å². The highest BCUT2D eigenvalue weighted by Crippen LogP contribution is 2.23. The Kier molecular flexibility index (Phi) is 4.58. The number of carboxylic acid groups (broad SMARTS) is 1. The Morgan fingerprint density at radius 2 is 2.32 bits per heavy atom. The maximum absolute atomic E-state index is 10.9. The number of hydrogen-bond acceptors (Lipinski definition) is 3. The van der Waals surface area contributed by atoms with E-state index in [9.17, 15) is 4.79 Å². The van der Waals surface area contributed by atoms with Crippen molar-refractivity contribution in [1.29, 1.82) is 0 Å². The fourth-order valence-corrected chi connectivity index (χ4v) is 2.83. The third kappa shape index (κ3) is 3.35. The monoisotopic (exact) mass is 265 g/mol. The van der Waals surface area contributed by atoms with Crippen LogP contribution in [0.2, 0.25) is 0 Å². The molecule has 19 heavy (non-hydrogen) atoms. The molecule has 1 unspecified atom stereocenters. The van der Waals surface area contributed by atoms with Gasteiger partial charge in [-0.3, -0.25) is 14.4 Å². The van der Waals surface area contributed by atoms with E-state index in [4.69, 9.17) is 5.11 Å². The molecule has 1 atom stereocenters. The molecular formula is C14H23N3O2. The Morgan fingerprint density at radius 3 is 2.95 bits per heavy atom. The molecule has 1 saturated heterocycles. The summed E-state index contributed by atoms with van der Waals surface area (Å²) < 4.78 is 2.04. The summed E-state index contributed by atoms with van der Waals surface area (Å²) in [5.74, 6) is -0.699. The number of nitrogens with zero attached hydrogens (tertiary/aromatic N) is 3. The molecule has 0 saturated carbocycles. The quantitative estimate of drug-likeness (QED) is 0.853. The Balaban J connectivity index is 2.07. The van der Waals surface area contributed by atoms with Crippen molar-refractivity contribution < 1.29 is 9.90 Å². The zero-order valence-electron chi connectivity index (χ0n) is 11.8. The number of carbonyl (C=O) groups is 1. The minimum absolute atomic E-state index is 0.183. The topological polar surface area (TPSA) is 58.4 Å². The van der Waals surface area contributed by atoms with Gasteiger partial charge in [-0.15, -0.1) is 0 Å². The van der Waals surface area contributed by atoms with Crippen LogP contribution in [0.25, 0.3) is 0 Å². The van der Waals surface area contributed by atoms with E-state index in [1.54, 1.807) is 0 Å². The number of aryl methyl sites for hydroxylation is 2. The normalized spacial score (nSPS) is 20.0. The van der Waals surface area contributed by atoms with Crippen molar-refractivity contribution in [2.45, 2.75) is 58.7 Å². The van der Waals surface area contributed by atoms with Crippen molar-refractivity contribution in [3.05, 3.63) is 17.5 Å². The summed E-state index contributed by atoms with van der Waals surface area (Å²) in [6, 6.07) is 2.34. The summed E-state index contributed by atoms with van der Waals surface area (Å²) in [5.41, 5.74) is 2.32. The first-order valence-corrected chi connectivity index (χ1v) is 7.15. The van der Waals surface area contributed by atoms with E-state index in [2.05, 4.69) is 29.9 Å². The number of carboxylic acids is 1. The molecule has 0 aromatic carbocycles. The van der Waals surface area contributed by atoms with Gasteiger partial charge in [-0.1, -0.05) is 6.92 Å². The van der Waals surface area contributed by atoms with Crippen molar-refractivity contribution >= 4 is 5.97 Å². The largest absolute Gasteiger partial charge is 0.481 e. The molecule has 1 N–H and O–H groups in total. The van der Waals surface area contributed by atoms with Crippen molar-refractivity contribution in [3.8, 4) is 0 Å². The zero-order valence-corrected chi connectivity index (χ0v) is 11.8. The summed E-state index contributed by atoms with van der Waals surface area (Å²) in [6.45, 7) is 6.88. The first-order valence-electron chi connectivity index (χ1n) is 7.15. The lowest BCUT2D eigenvalue weighted by atomic mass is 10.1. The summed E-state index contributed by atoms with van der Waals surface area (Å²) >= 11 is 0. The maximum atomic E-state index is 10.9. The van der Waals surface area contributed by atoms with Crippen LogP contribution in [-0.2, 0) is 24.3 Å². The van der Waals surface area contributed by atoms with Crippen LogP contribution in [0, 0.1) is 0 Å². The Bertz CT molecular complexity index is 442. The highest BCUT2D eigenvalue weighted by Gasteiger charge is 2.27. The number of likely N-dealkylation sites (tertiary alicyclic amines) is 1. The fourth-order valence-electron chi connectivity index (χ4n) is 2.83. The summed E-state index contributed by atoms with van der Waals surface area (Å²) in [7, 11) is 0. The van der Waals surface area contributed by atoms with Gasteiger partial charge < -0.3 is 5.11 Å². The second kappa shape index (κ2) is 6.19. The smallest absolute Gasteiger partial charge is 0.304 e. The molecule has 2 heterocycles. The average molecular weight is 265 g/mol. The van der Waals surface area contributed by atoms with Crippen LogP contribution < -0.4 is 0 Å². The van der Waals surface area contributed by atoms with E-state index in [0.29, 0.717) is 0 Å². The van der Waals surface area contributed by atoms with E-state index < -0.39 is 5.97 Å². The Hall–Kier alpha value is -1.36. The minimum atomic E-state index is -0.699. The van der Waals surface area contributed by atoms with E-state index in [1.807, 2.05) is 4.68 Å². The highest BCUT2D eigenvalue weighted by molar-refractivity contribution is 5.67. The minimum Gasteiger partial charge on any atom is -0.481 e. The van der Waals surface area contributed by atoms with Crippen molar-refractivity contribution in [2.75, 3.05) is 6.54 Å². The molecule has 0 spiro atoms. The molecule has 5 heteroatoms. The molecular weight excluding hydrogens is 242 g/mol. The molecule has 0 aliphatic carbocycles. The third-order valence-electron chi connectivity index (χ3n) is 3.85. The molecule has 106 valence electrons. The van der Waals surface area contributed by atoms with Crippen molar-refractivity contribution in [1.82, 2.24) is 14.7 Å². The van der Waals surface area contributed by atoms with Crippen molar-refractivity contribution in [3.63, 3.8) is 0 Å². The lowest BCUT2D eigenvalue weighted by molar-refractivity contribution is -0.138. The van der Waals surface area contributed by atoms with Crippen LogP contribution in [0.1, 0.15) is 44.5 Å². The first kappa shape index (κ1) is 14.1. The summed E-state index contributed by atoms with van der Waals surface area (Å²) in [5, 5.41) is 13.5. The van der Waals surface area contributed by atoms with Crippen molar-refractivity contribution in [2.24, 2.45) is 0 Å². The number of hydrogen-bond donors (Lipinski definition) is 1. The van der Waals surface area contributed by atoms with Gasteiger partial charge in [0, 0.05) is 19.1 Å². The first-order chi connectivity index (χ1) is 9.13. The van der Waals surface area contributed by atoms with Gasteiger partial charge in [0.15, 0.2) is 0 Å². The van der Waals surface area contributed by atoms with E-state index in [1.165, 1.54) is 5.69 Å². The van der Waals surface area contributed by atoms with Gasteiger partial charge in [-0.05, 0) is 38.8 Å². The SMILES string of the molecule is CCc1cc(CN2CCCC2CC(=O)O)n(CC)n1. The van der Waals surface area contributed by atoms with Gasteiger partial charge in [0.2, 0.25) is 0 Å². The van der Waals surface area contributed by atoms with E-state index >= 15 is 0 Å². The van der Waals surface area contributed by atoms with Gasteiger partial charge >= 0.3 is 5.97 Å². The summed E-state index contributed by atoms with van der Waals surface area (Å²) in [4.78, 5) is 13.2. The van der Waals surface area contributed by atoms with Gasteiger partial charge in [0.25, 0.3) is 0 Å². The fraction of sp³-hybridized carbons (Fsp3) is 0.714. The number of rotatable bonds is 6. The number of aromatic nitrogens is 2. The van der Waals surface area contributed by atoms with Crippen LogP contribution in [0.4, 0.5) is 0 Å².